The van der Waals surface area contributed by atoms with Gasteiger partial charge in [0.1, 0.15) is 42.1 Å². The second-order valence-electron chi connectivity index (χ2n) is 22.1. The molecule has 6 heterocycles. The number of ether oxygens (including phenoxy) is 3. The second kappa shape index (κ2) is 26.3. The number of amides is 2. The van der Waals surface area contributed by atoms with Gasteiger partial charge in [-0.3, -0.25) is 23.0 Å². The first kappa shape index (κ1) is 66.1. The summed E-state index contributed by atoms with van der Waals surface area (Å²) in [6, 6.07) is 18.0. The van der Waals surface area contributed by atoms with Gasteiger partial charge in [-0.1, -0.05) is 60.7 Å². The minimum absolute atomic E-state index is 0.0229. The zero-order valence-electron chi connectivity index (χ0n) is 48.8. The number of anilines is 2. The van der Waals surface area contributed by atoms with Gasteiger partial charge in [0, 0.05) is 78.6 Å². The van der Waals surface area contributed by atoms with Gasteiger partial charge in [0.2, 0.25) is 11.6 Å². The molecule has 0 radical (unpaired) electrons. The van der Waals surface area contributed by atoms with E-state index in [9.17, 15) is 54.7 Å². The topological polar surface area (TPSA) is 404 Å². The van der Waals surface area contributed by atoms with E-state index >= 15 is 0 Å². The van der Waals surface area contributed by atoms with Gasteiger partial charge in [-0.2, -0.15) is 25.7 Å². The number of carbonyl (C=O) groups is 2. The number of hydrogen-bond acceptors (Lipinski definition) is 19. The number of nitrogens with zero attached hydrogens (tertiary/aromatic N) is 6. The Hall–Kier alpha value is -7.28. The maximum Gasteiger partial charge on any atom is 0.481 e. The van der Waals surface area contributed by atoms with Crippen LogP contribution in [-0.4, -0.2) is 150 Å². The lowest BCUT2D eigenvalue weighted by molar-refractivity contribution is -0.437. The van der Waals surface area contributed by atoms with Crippen LogP contribution in [0.2, 0.25) is 0 Å². The number of benzene rings is 3. The number of allylic oxidation sites excluding steroid dienone is 8. The van der Waals surface area contributed by atoms with Crippen molar-refractivity contribution >= 4 is 98.9 Å². The van der Waals surface area contributed by atoms with Crippen molar-refractivity contribution in [1.82, 2.24) is 30.2 Å². The van der Waals surface area contributed by atoms with E-state index in [1.165, 1.54) is 29.1 Å². The fraction of sp³-hybridized carbons (Fsp3) is 0.368. The van der Waals surface area contributed by atoms with Crippen molar-refractivity contribution in [1.29, 1.82) is 0 Å². The molecule has 476 valence electrons. The number of carbonyl (C=O) groups excluding carboxylic acids is 2. The molecule has 5 aromatic rings. The molecule has 4 aliphatic heterocycles. The number of aliphatic hydroxyl groups excluding tert-OH is 1. The molecule has 32 heteroatoms. The molecule has 4 aliphatic rings. The molecule has 9 rings (SSSR count). The van der Waals surface area contributed by atoms with Gasteiger partial charge in [0.15, 0.2) is 29.5 Å². The Kier molecular flexibility index (Phi) is 19.5. The van der Waals surface area contributed by atoms with Crippen LogP contribution < -0.4 is 26.0 Å². The molecule has 1 saturated heterocycles. The minimum Gasteiger partial charge on any atom is -0.456 e. The first-order valence-corrected chi connectivity index (χ1v) is 34.0. The van der Waals surface area contributed by atoms with Crippen LogP contribution in [0.25, 0.3) is 28.1 Å². The van der Waals surface area contributed by atoms with E-state index in [4.69, 9.17) is 34.3 Å². The van der Waals surface area contributed by atoms with Gasteiger partial charge >= 0.3 is 21.7 Å². The van der Waals surface area contributed by atoms with E-state index in [-0.39, 0.29) is 67.8 Å². The molecular weight excluding hydrogens is 1240 g/mol. The number of likely N-dealkylation sites (N-methyl/N-ethyl adjacent to an activating group) is 1. The fourth-order valence-electron chi connectivity index (χ4n) is 11.5. The van der Waals surface area contributed by atoms with E-state index < -0.39 is 95.1 Å². The largest absolute Gasteiger partial charge is 0.481 e. The van der Waals surface area contributed by atoms with Crippen LogP contribution in [0.3, 0.4) is 0 Å². The molecule has 6 atom stereocenters. The zero-order chi connectivity index (χ0) is 64.4. The molecule has 2 amide bonds. The lowest BCUT2D eigenvalue weighted by Gasteiger charge is -2.43. The Bertz CT molecular complexity index is 4110. The summed E-state index contributed by atoms with van der Waals surface area (Å²) in [5.74, 6) is 0.275. The molecule has 3 aromatic carbocycles. The Balaban J connectivity index is 0.906. The average molecular weight is 1310 g/mol. The van der Waals surface area contributed by atoms with E-state index in [1.807, 2.05) is 66.1 Å². The highest BCUT2D eigenvalue weighted by Gasteiger charge is 2.50. The summed E-state index contributed by atoms with van der Waals surface area (Å²) in [6.45, 7) is 9.83. The molecule has 0 saturated carbocycles. The second-order valence-corrected chi connectivity index (χ2v) is 27.9. The first-order chi connectivity index (χ1) is 41.9. The van der Waals surface area contributed by atoms with Gasteiger partial charge in [-0.05, 0) is 82.9 Å². The molecule has 0 bridgehead atoms. The average Bonchev–Trinajstić information content (AvgIpc) is 1.73. The van der Waals surface area contributed by atoms with Gasteiger partial charge < -0.3 is 55.3 Å². The third kappa shape index (κ3) is 15.3. The van der Waals surface area contributed by atoms with Crippen molar-refractivity contribution in [3.8, 4) is 5.75 Å². The molecule has 2 aromatic heterocycles. The summed E-state index contributed by atoms with van der Waals surface area (Å²) in [5.41, 5.74) is 12.2. The number of phosphoric ester groups is 1. The van der Waals surface area contributed by atoms with Crippen LogP contribution in [0.4, 0.5) is 22.0 Å². The summed E-state index contributed by atoms with van der Waals surface area (Å²) in [6.07, 6.45) is 8.36. The third-order valence-electron chi connectivity index (χ3n) is 15.4. The number of rotatable bonds is 24. The van der Waals surface area contributed by atoms with Gasteiger partial charge in [-0.25, -0.2) is 28.9 Å². The number of phosphoric acid groups is 2. The maximum atomic E-state index is 13.4. The van der Waals surface area contributed by atoms with Crippen LogP contribution in [0.1, 0.15) is 88.8 Å². The minimum atomic E-state index is -5.54. The number of imidazole rings is 1. The smallest absolute Gasteiger partial charge is 0.456 e. The number of aromatic nitrogens is 4. The predicted molar refractivity (Wildman–Crippen MR) is 327 cm³/mol. The Morgan fingerprint density at radius 2 is 1.67 bits per heavy atom. The van der Waals surface area contributed by atoms with Crippen LogP contribution in [0.5, 0.6) is 5.75 Å². The van der Waals surface area contributed by atoms with E-state index in [1.54, 1.807) is 12.2 Å². The van der Waals surface area contributed by atoms with E-state index in [0.29, 0.717) is 28.5 Å². The van der Waals surface area contributed by atoms with Crippen molar-refractivity contribution < 1.29 is 92.1 Å². The Labute approximate surface area is 512 Å². The van der Waals surface area contributed by atoms with Crippen molar-refractivity contribution in [2.75, 3.05) is 49.2 Å². The lowest BCUT2D eigenvalue weighted by Crippen LogP contribution is -2.44. The fourth-order valence-corrected chi connectivity index (χ4v) is 14.1. The number of alkyl carbamates (subject to hydrolysis) is 1. The zero-order valence-corrected chi connectivity index (χ0v) is 52.2. The quantitative estimate of drug-likeness (QED) is 0.0104. The summed E-state index contributed by atoms with van der Waals surface area (Å²) in [5, 5.41) is 16.5. The van der Waals surface area contributed by atoms with Gasteiger partial charge in [-0.15, -0.1) is 0 Å². The summed E-state index contributed by atoms with van der Waals surface area (Å²) in [4.78, 5) is 68.7. The van der Waals surface area contributed by atoms with E-state index in [0.717, 1.165) is 46.4 Å². The van der Waals surface area contributed by atoms with Gasteiger partial charge in [0.05, 0.1) is 34.5 Å². The van der Waals surface area contributed by atoms with Crippen LogP contribution in [0, 0.1) is 0 Å². The number of hydrogen-bond donors (Lipinski definition) is 9. The summed E-state index contributed by atoms with van der Waals surface area (Å²) < 4.78 is 122. The van der Waals surface area contributed by atoms with E-state index in [2.05, 4.69) is 80.7 Å². The van der Waals surface area contributed by atoms with Crippen LogP contribution >= 0.6 is 15.6 Å². The first-order valence-electron chi connectivity index (χ1n) is 28.0. The number of fused-ring (bicyclic) bond motifs is 4. The number of nitrogen functional groups attached to an aromatic ring is 1. The van der Waals surface area contributed by atoms with Crippen LogP contribution in [-0.2, 0) is 57.9 Å². The van der Waals surface area contributed by atoms with Crippen LogP contribution in [0.15, 0.2) is 121 Å². The Morgan fingerprint density at radius 1 is 0.933 bits per heavy atom. The molecule has 0 spiro atoms. The number of aliphatic hydroxyl groups is 1. The molecule has 28 nitrogen and oxygen atoms in total. The third-order valence-corrected chi connectivity index (χ3v) is 19.2. The standard InChI is InChI=1S/C57H67N9O19P2S2/c1-6-66-43-30-45-40(29-39(43)35(2)31-56(66,3)4)37(27-44(82-45)36-15-9-7-10-16-36)17-11-8-12-18-47-57(5,41-28-38(89(78,79)80)20-21-42(41)64(47)25-14-26-88(75,76)77)22-13-19-48(67)59-23-24-60-55(69)84-51-46(32-81-87(73,74)85-86(70,71)72)83-54(50(51)68)65-34-63-49-52(58)61-33-62-53(49)65/h7-12,15-18,20-21,27-31,33-34,46,50-51,54,68H,6,13-14,19,22-26,32H2,1-5H3,(H8-,58,59,60,61,62,67,69,70,71,72,73,74,75,76,77,78,79,80)/p+1/t46-,50-,51-,54-,57?/m1/s1. The highest BCUT2D eigenvalue weighted by atomic mass is 32.2. The van der Waals surface area contributed by atoms with Crippen molar-refractivity contribution in [3.63, 3.8) is 0 Å². The molecule has 89 heavy (non-hydrogen) atoms. The number of nitrogens with two attached hydrogens (primary N) is 1. The number of nitrogens with one attached hydrogen (secondary N) is 2. The van der Waals surface area contributed by atoms with Crippen molar-refractivity contribution in [2.24, 2.45) is 0 Å². The normalized spacial score (nSPS) is 22.0. The molecular formula is C57H68N9O19P2S2+. The molecule has 10 N–H and O–H groups in total. The monoisotopic (exact) mass is 1310 g/mol. The van der Waals surface area contributed by atoms with Gasteiger partial charge in [0.25, 0.3) is 20.2 Å². The SMILES string of the molecule is CCN1c2cc3c(cc2C(C)=CC1(C)C)C(=CC=CC=CC1=[N+](CCCS(=O)(=O)O)c2ccc(S(=O)(=O)O)cc2C1(C)CCCC(=O)NCCNC(=O)O[C@H]1[C@@H](O)[C@H](n2cnc4c(N)ncnc42)O[C@@H]1COP(=O)(O)OP(=O)(O)O)C=C(c1ccccc1)O3. The predicted octanol–water partition coefficient (Wildman–Crippen LogP) is 6.51. The highest BCUT2D eigenvalue weighted by molar-refractivity contribution is 7.86. The summed E-state index contributed by atoms with van der Waals surface area (Å²) >= 11 is 0. The molecule has 1 fully saturated rings. The maximum absolute atomic E-state index is 13.4. The molecule has 2 unspecified atom stereocenters. The Morgan fingerprint density at radius 3 is 2.38 bits per heavy atom. The lowest BCUT2D eigenvalue weighted by atomic mass is 9.75. The molecule has 0 aliphatic carbocycles. The van der Waals surface area contributed by atoms with Crippen molar-refractivity contribution in [2.45, 2.75) is 101 Å². The van der Waals surface area contributed by atoms with Crippen molar-refractivity contribution in [3.05, 3.63) is 138 Å². The summed E-state index contributed by atoms with van der Waals surface area (Å²) in [7, 11) is -20.1. The highest BCUT2D eigenvalue weighted by Crippen LogP contribution is 2.58.